The SMILES string of the molecule is CN=C(NCc1ccc(C)cc1SC)NCc1ncc(C)c(OC)c1C. The van der Waals surface area contributed by atoms with Crippen molar-refractivity contribution in [2.24, 2.45) is 4.99 Å². The van der Waals surface area contributed by atoms with E-state index in [4.69, 9.17) is 4.74 Å². The highest BCUT2D eigenvalue weighted by atomic mass is 32.2. The minimum Gasteiger partial charge on any atom is -0.496 e. The molecule has 0 aliphatic rings. The van der Waals surface area contributed by atoms with Crippen molar-refractivity contribution in [3.63, 3.8) is 0 Å². The molecule has 5 nitrogen and oxygen atoms in total. The van der Waals surface area contributed by atoms with Crippen molar-refractivity contribution in [2.45, 2.75) is 38.8 Å². The number of methoxy groups -OCH3 is 1. The summed E-state index contributed by atoms with van der Waals surface area (Å²) < 4.78 is 5.47. The van der Waals surface area contributed by atoms with Crippen LogP contribution in [0.25, 0.3) is 0 Å². The van der Waals surface area contributed by atoms with E-state index in [0.29, 0.717) is 6.54 Å². The van der Waals surface area contributed by atoms with Crippen LogP contribution in [0.2, 0.25) is 0 Å². The number of aromatic nitrogens is 1. The molecule has 0 spiro atoms. The first-order valence-electron chi connectivity index (χ1n) is 8.57. The maximum absolute atomic E-state index is 5.47. The van der Waals surface area contributed by atoms with Crippen LogP contribution in [0.3, 0.4) is 0 Å². The zero-order chi connectivity index (χ0) is 19.1. The normalized spacial score (nSPS) is 11.4. The van der Waals surface area contributed by atoms with Crippen LogP contribution in [0.1, 0.15) is 27.9 Å². The van der Waals surface area contributed by atoms with Crippen LogP contribution in [0.5, 0.6) is 5.75 Å². The lowest BCUT2D eigenvalue weighted by Gasteiger charge is -2.16. The quantitative estimate of drug-likeness (QED) is 0.461. The predicted octanol–water partition coefficient (Wildman–Crippen LogP) is 3.60. The van der Waals surface area contributed by atoms with Crippen LogP contribution in [-0.2, 0) is 13.1 Å². The van der Waals surface area contributed by atoms with Crippen LogP contribution >= 0.6 is 11.8 Å². The Kier molecular flexibility index (Phi) is 7.33. The minimum absolute atomic E-state index is 0.589. The number of hydrogen-bond donors (Lipinski definition) is 2. The number of aryl methyl sites for hydroxylation is 2. The van der Waals surface area contributed by atoms with E-state index < -0.39 is 0 Å². The highest BCUT2D eigenvalue weighted by Gasteiger charge is 2.10. The lowest BCUT2D eigenvalue weighted by molar-refractivity contribution is 0.406. The zero-order valence-corrected chi connectivity index (χ0v) is 17.3. The number of aliphatic imine (C=N–C) groups is 1. The first-order valence-corrected chi connectivity index (χ1v) is 9.79. The third kappa shape index (κ3) is 4.91. The van der Waals surface area contributed by atoms with Gasteiger partial charge in [-0.1, -0.05) is 12.1 Å². The summed E-state index contributed by atoms with van der Waals surface area (Å²) in [5, 5.41) is 6.71. The highest BCUT2D eigenvalue weighted by molar-refractivity contribution is 7.98. The van der Waals surface area contributed by atoms with E-state index in [9.17, 15) is 0 Å². The number of nitrogens with one attached hydrogen (secondary N) is 2. The second-order valence-electron chi connectivity index (χ2n) is 6.14. The van der Waals surface area contributed by atoms with Gasteiger partial charge in [-0.25, -0.2) is 0 Å². The summed E-state index contributed by atoms with van der Waals surface area (Å²) in [6.45, 7) is 7.46. The van der Waals surface area contributed by atoms with E-state index >= 15 is 0 Å². The maximum Gasteiger partial charge on any atom is 0.191 e. The van der Waals surface area contributed by atoms with Crippen molar-refractivity contribution < 1.29 is 4.74 Å². The molecule has 0 saturated heterocycles. The molecule has 1 aromatic carbocycles. The topological polar surface area (TPSA) is 58.5 Å². The molecule has 2 rings (SSSR count). The van der Waals surface area contributed by atoms with Crippen LogP contribution in [0, 0.1) is 20.8 Å². The van der Waals surface area contributed by atoms with E-state index in [1.54, 1.807) is 25.9 Å². The molecule has 2 aromatic rings. The molecule has 26 heavy (non-hydrogen) atoms. The molecule has 140 valence electrons. The molecule has 0 aliphatic heterocycles. The summed E-state index contributed by atoms with van der Waals surface area (Å²) in [6.07, 6.45) is 3.95. The molecular formula is C20H28N4OS. The van der Waals surface area contributed by atoms with Crippen molar-refractivity contribution in [3.8, 4) is 5.75 Å². The monoisotopic (exact) mass is 372 g/mol. The molecule has 0 radical (unpaired) electrons. The number of rotatable bonds is 6. The number of nitrogens with zero attached hydrogens (tertiary/aromatic N) is 2. The van der Waals surface area contributed by atoms with Gasteiger partial charge in [0.1, 0.15) is 5.75 Å². The van der Waals surface area contributed by atoms with Crippen molar-refractivity contribution in [1.29, 1.82) is 0 Å². The minimum atomic E-state index is 0.589. The Hall–Kier alpha value is -2.21. The molecule has 0 amide bonds. The molecule has 0 saturated carbocycles. The van der Waals surface area contributed by atoms with Gasteiger partial charge in [0.25, 0.3) is 0 Å². The third-order valence-corrected chi connectivity index (χ3v) is 5.11. The van der Waals surface area contributed by atoms with Gasteiger partial charge >= 0.3 is 0 Å². The Labute approximate surface area is 160 Å². The Morgan fingerprint density at radius 3 is 2.58 bits per heavy atom. The lowest BCUT2D eigenvalue weighted by Crippen LogP contribution is -2.36. The summed E-state index contributed by atoms with van der Waals surface area (Å²) in [7, 11) is 3.47. The Morgan fingerprint density at radius 1 is 1.19 bits per heavy atom. The lowest BCUT2D eigenvalue weighted by atomic mass is 10.1. The second-order valence-corrected chi connectivity index (χ2v) is 6.99. The van der Waals surface area contributed by atoms with Crippen molar-refractivity contribution in [3.05, 3.63) is 52.3 Å². The molecular weight excluding hydrogens is 344 g/mol. The number of hydrogen-bond acceptors (Lipinski definition) is 4. The number of guanidine groups is 1. The van der Waals surface area contributed by atoms with E-state index in [1.807, 2.05) is 20.0 Å². The van der Waals surface area contributed by atoms with Gasteiger partial charge in [0.2, 0.25) is 0 Å². The van der Waals surface area contributed by atoms with Gasteiger partial charge in [-0.2, -0.15) is 0 Å². The molecule has 0 aliphatic carbocycles. The zero-order valence-electron chi connectivity index (χ0n) is 16.4. The predicted molar refractivity (Wildman–Crippen MR) is 110 cm³/mol. The van der Waals surface area contributed by atoms with Gasteiger partial charge in [0.05, 0.1) is 19.3 Å². The number of thioether (sulfide) groups is 1. The fourth-order valence-electron chi connectivity index (χ4n) is 2.81. The second kappa shape index (κ2) is 9.48. The molecule has 0 unspecified atom stereocenters. The van der Waals surface area contributed by atoms with Crippen molar-refractivity contribution in [2.75, 3.05) is 20.4 Å². The molecule has 2 N–H and O–H groups in total. The van der Waals surface area contributed by atoms with Crippen molar-refractivity contribution >= 4 is 17.7 Å². The number of pyridine rings is 1. The fraction of sp³-hybridized carbons (Fsp3) is 0.400. The molecule has 1 heterocycles. The first-order chi connectivity index (χ1) is 12.5. The van der Waals surface area contributed by atoms with E-state index in [-0.39, 0.29) is 0 Å². The van der Waals surface area contributed by atoms with Crippen molar-refractivity contribution in [1.82, 2.24) is 15.6 Å². The molecule has 1 aromatic heterocycles. The van der Waals surface area contributed by atoms with Gasteiger partial charge in [0.15, 0.2) is 5.96 Å². The van der Waals surface area contributed by atoms with E-state index in [0.717, 1.165) is 35.1 Å². The smallest absolute Gasteiger partial charge is 0.191 e. The molecule has 6 heteroatoms. The highest BCUT2D eigenvalue weighted by Crippen LogP contribution is 2.24. The number of ether oxygens (including phenoxy) is 1. The van der Waals surface area contributed by atoms with Gasteiger partial charge in [-0.15, -0.1) is 11.8 Å². The summed E-state index contributed by atoms with van der Waals surface area (Å²) in [4.78, 5) is 10.1. The largest absolute Gasteiger partial charge is 0.496 e. The van der Waals surface area contributed by atoms with E-state index in [1.165, 1.54) is 16.0 Å². The molecule has 0 bridgehead atoms. The first kappa shape index (κ1) is 20.1. The van der Waals surface area contributed by atoms with Crippen LogP contribution in [0.15, 0.2) is 34.3 Å². The summed E-state index contributed by atoms with van der Waals surface area (Å²) in [5.41, 5.74) is 5.59. The molecule has 0 fully saturated rings. The standard InChI is InChI=1S/C20H28N4OS/c1-13-7-8-16(18(9-13)26-6)11-23-20(21-4)24-12-17-15(3)19(25-5)14(2)10-22-17/h7-10H,11-12H2,1-6H3,(H2,21,23,24). The Bertz CT molecular complexity index is 790. The van der Waals surface area contributed by atoms with Gasteiger partial charge in [0, 0.05) is 35.8 Å². The fourth-order valence-corrected chi connectivity index (χ4v) is 3.52. The van der Waals surface area contributed by atoms with Gasteiger partial charge in [-0.3, -0.25) is 9.98 Å². The average Bonchev–Trinajstić information content (AvgIpc) is 2.64. The summed E-state index contributed by atoms with van der Waals surface area (Å²) in [5.74, 6) is 1.64. The van der Waals surface area contributed by atoms with Crippen LogP contribution < -0.4 is 15.4 Å². The summed E-state index contributed by atoms with van der Waals surface area (Å²) >= 11 is 1.76. The maximum atomic E-state index is 5.47. The van der Waals surface area contributed by atoms with E-state index in [2.05, 4.69) is 52.0 Å². The molecule has 0 atom stereocenters. The van der Waals surface area contributed by atoms with Crippen LogP contribution in [-0.4, -0.2) is 31.4 Å². The Balaban J connectivity index is 2.01. The number of benzene rings is 1. The van der Waals surface area contributed by atoms with Gasteiger partial charge in [-0.05, 0) is 44.2 Å². The van der Waals surface area contributed by atoms with Gasteiger partial charge < -0.3 is 15.4 Å². The summed E-state index contributed by atoms with van der Waals surface area (Å²) in [6, 6.07) is 6.51. The van der Waals surface area contributed by atoms with Crippen LogP contribution in [0.4, 0.5) is 0 Å². The Morgan fingerprint density at radius 2 is 1.92 bits per heavy atom. The average molecular weight is 373 g/mol. The third-order valence-electron chi connectivity index (χ3n) is 4.29.